The van der Waals surface area contributed by atoms with E-state index in [4.69, 9.17) is 54.8 Å². The number of hydrogen-bond acceptors (Lipinski definition) is 9. The van der Waals surface area contributed by atoms with Crippen LogP contribution < -0.4 is 5.73 Å². The number of nitrogens with zero attached hydrogens (tertiary/aromatic N) is 2. The van der Waals surface area contributed by atoms with Crippen LogP contribution >= 0.6 is 34.8 Å². The maximum absolute atomic E-state index is 10.4. The smallest absolute Gasteiger partial charge is 0.204 e. The lowest BCUT2D eigenvalue weighted by Crippen LogP contribution is -2.00. The van der Waals surface area contributed by atoms with Crippen LogP contribution in [0.25, 0.3) is 0 Å². The molecule has 1 saturated carbocycles. The number of ether oxygens (including phenoxy) is 1. The van der Waals surface area contributed by atoms with Crippen molar-refractivity contribution >= 4 is 56.8 Å². The third-order valence-corrected chi connectivity index (χ3v) is 9.62. The number of methoxy groups -OCH3 is 1. The topological polar surface area (TPSA) is 180 Å². The van der Waals surface area contributed by atoms with Gasteiger partial charge in [-0.3, -0.25) is 19.9 Å². The van der Waals surface area contributed by atoms with Gasteiger partial charge in [-0.1, -0.05) is 118 Å². The molecule has 1 saturated heterocycles. The predicted molar refractivity (Wildman–Crippen MR) is 225 cm³/mol. The van der Waals surface area contributed by atoms with Crippen LogP contribution in [0.4, 0.5) is 0 Å². The number of fused-ring (bicyclic) bond motifs is 1. The number of sulfone groups is 1. The lowest BCUT2D eigenvalue weighted by molar-refractivity contribution is -0.445. The second kappa shape index (κ2) is 44.8. The van der Waals surface area contributed by atoms with Gasteiger partial charge in [0.15, 0.2) is 7.05 Å². The SMILES string of the molecule is CC1CCCCC1.CCCCC(C)=O.COCCO.C[N+](=O)[O-].ClC=C(Cl)Cl.NC=O.O=S1(=O)CCCC1.c1ccc2c(c1)CCCC2.c1ccncc1. The maximum atomic E-state index is 10.4. The van der Waals surface area contributed by atoms with E-state index in [-0.39, 0.29) is 17.5 Å². The number of nitrogens with two attached hydrogens (primary N) is 1. The van der Waals surface area contributed by atoms with E-state index in [9.17, 15) is 13.2 Å². The van der Waals surface area contributed by atoms with Crippen molar-refractivity contribution in [3.63, 3.8) is 0 Å². The third-order valence-electron chi connectivity index (χ3n) is 7.14. The Balaban J connectivity index is -0.000000266. The first-order valence-electron chi connectivity index (χ1n) is 18.2. The number of halogens is 3. The Morgan fingerprint density at radius 1 is 0.981 bits per heavy atom. The maximum Gasteiger partial charge on any atom is 0.204 e. The van der Waals surface area contributed by atoms with Crippen molar-refractivity contribution in [2.75, 3.05) is 38.9 Å². The summed E-state index contributed by atoms with van der Waals surface area (Å²) in [4.78, 5) is 30.9. The number of benzene rings is 1. The molecule has 1 aromatic carbocycles. The number of carbonyl (C=O) groups is 2. The number of carbonyl (C=O) groups excluding carboxylic acids is 2. The van der Waals surface area contributed by atoms with Crippen molar-refractivity contribution in [1.82, 2.24) is 4.98 Å². The molecule has 0 unspecified atom stereocenters. The van der Waals surface area contributed by atoms with Gasteiger partial charge >= 0.3 is 0 Å². The van der Waals surface area contributed by atoms with Crippen molar-refractivity contribution in [1.29, 1.82) is 0 Å². The normalized spacial score (nSPS) is 14.1. The van der Waals surface area contributed by atoms with E-state index in [1.165, 1.54) is 57.8 Å². The van der Waals surface area contributed by atoms with Crippen molar-refractivity contribution in [3.05, 3.63) is 86.1 Å². The third kappa shape index (κ3) is 53.7. The summed E-state index contributed by atoms with van der Waals surface area (Å²) in [6.07, 6.45) is 21.3. The van der Waals surface area contributed by atoms with Crippen LogP contribution in [-0.2, 0) is 37.0 Å². The summed E-state index contributed by atoms with van der Waals surface area (Å²) < 4.78 is 25.4. The van der Waals surface area contributed by atoms with Gasteiger partial charge in [0, 0.05) is 36.4 Å². The van der Waals surface area contributed by atoms with Crippen LogP contribution in [0, 0.1) is 16.0 Å². The molecule has 15 heteroatoms. The van der Waals surface area contributed by atoms with E-state index < -0.39 is 14.8 Å². The van der Waals surface area contributed by atoms with Gasteiger partial charge in [-0.2, -0.15) is 0 Å². The van der Waals surface area contributed by atoms with E-state index in [1.54, 1.807) is 37.6 Å². The van der Waals surface area contributed by atoms with Crippen LogP contribution in [0.5, 0.6) is 0 Å². The fourth-order valence-corrected chi connectivity index (χ4v) is 6.05. The highest BCUT2D eigenvalue weighted by molar-refractivity contribution is 7.91. The number of nitro groups is 1. The Bertz CT molecular complexity index is 1200. The number of primary amides is 1. The number of ketones is 1. The molecule has 2 fully saturated rings. The summed E-state index contributed by atoms with van der Waals surface area (Å²) in [5.74, 6) is 2.19. The molecule has 2 aliphatic carbocycles. The molecule has 0 atom stereocenters. The highest BCUT2D eigenvalue weighted by atomic mass is 35.5. The number of aromatic nitrogens is 1. The Labute approximate surface area is 340 Å². The molecule has 5 rings (SSSR count). The zero-order valence-electron chi connectivity index (χ0n) is 33.0. The van der Waals surface area contributed by atoms with E-state index in [2.05, 4.69) is 53.6 Å². The lowest BCUT2D eigenvalue weighted by Gasteiger charge is -2.15. The Morgan fingerprint density at radius 3 is 1.61 bits per heavy atom. The van der Waals surface area contributed by atoms with Gasteiger partial charge in [0.1, 0.15) is 20.1 Å². The Morgan fingerprint density at radius 2 is 1.43 bits per heavy atom. The van der Waals surface area contributed by atoms with E-state index in [0.29, 0.717) is 23.9 Å². The quantitative estimate of drug-likeness (QED) is 0.169. The second-order valence-corrected chi connectivity index (χ2v) is 15.6. The van der Waals surface area contributed by atoms with Crippen molar-refractivity contribution in [2.24, 2.45) is 11.7 Å². The van der Waals surface area contributed by atoms with E-state index in [0.717, 1.165) is 50.6 Å². The van der Waals surface area contributed by atoms with Crippen LogP contribution in [-0.4, -0.2) is 74.5 Å². The molecule has 1 amide bonds. The van der Waals surface area contributed by atoms with E-state index >= 15 is 0 Å². The molecule has 0 bridgehead atoms. The van der Waals surface area contributed by atoms with Crippen LogP contribution in [0.2, 0.25) is 0 Å². The molecule has 2 aromatic rings. The second-order valence-electron chi connectivity index (χ2n) is 12.1. The van der Waals surface area contributed by atoms with Gasteiger partial charge in [-0.05, 0) is 81.0 Å². The number of amides is 1. The molecular weight excluding hydrogens is 777 g/mol. The van der Waals surface area contributed by atoms with E-state index in [1.807, 2.05) is 18.2 Å². The number of aryl methyl sites for hydroxylation is 2. The first-order valence-corrected chi connectivity index (χ1v) is 21.2. The van der Waals surface area contributed by atoms with Gasteiger partial charge < -0.3 is 20.4 Å². The number of unbranched alkanes of at least 4 members (excludes halogenated alkanes) is 1. The van der Waals surface area contributed by atoms with Crippen LogP contribution in [0.1, 0.15) is 109 Å². The first-order chi connectivity index (χ1) is 25.7. The summed E-state index contributed by atoms with van der Waals surface area (Å²) in [7, 11) is -0.106. The zero-order valence-corrected chi connectivity index (χ0v) is 36.1. The highest BCUT2D eigenvalue weighted by Crippen LogP contribution is 2.22. The first kappa shape index (κ1) is 58.1. The number of aliphatic hydroxyl groups is 1. The fourth-order valence-electron chi connectivity index (χ4n) is 4.56. The molecule has 0 spiro atoms. The number of pyridine rings is 1. The summed E-state index contributed by atoms with van der Waals surface area (Å²) >= 11 is 14.8. The average molecular weight is 843 g/mol. The Hall–Kier alpha value is -2.61. The standard InChI is InChI=1S/C10H12.C7H14.C6H12O.C5H5N.C4H8O2S.C3H8O2.C2HCl3.CH3NO2.CH3NO/c1-2-6-10-8-4-3-7-9(10)5-1;1-7-5-3-2-4-6-7;1-3-4-5-6(2)7;1-2-4-6-5-3-1;5-7(6)3-1-2-4-7;1-5-3-2-4;3-1-2(4)5;1-2(3)4;2-1-3/h1-2,5-6H,3-4,7-8H2;7H,2-6H2,1H3;3-5H2,1-2H3;1-5H;1-4H2;4H,2-3H2,1H3;1H;1H3;1H,(H2,2,3). The molecule has 54 heavy (non-hydrogen) atoms. The van der Waals surface area contributed by atoms with Crippen molar-refractivity contribution < 1.29 is 32.8 Å². The van der Waals surface area contributed by atoms with Gasteiger partial charge in [0.05, 0.1) is 24.7 Å². The number of Topliss-reactive ketones (excluding diaryl/α,β-unsaturated/α-hetero) is 1. The fraction of sp³-hybridized carbons (Fsp3) is 0.615. The minimum Gasteiger partial charge on any atom is -0.394 e. The summed E-state index contributed by atoms with van der Waals surface area (Å²) in [5.41, 5.74) is 8.41. The van der Waals surface area contributed by atoms with Gasteiger partial charge in [0.2, 0.25) is 6.41 Å². The molecule has 312 valence electrons. The molecule has 0 radical (unpaired) electrons. The number of aliphatic hydroxyl groups excluding tert-OH is 1. The number of rotatable bonds is 5. The van der Waals surface area contributed by atoms with Gasteiger partial charge in [-0.25, -0.2) is 8.42 Å². The average Bonchev–Trinajstić information content (AvgIpc) is 3.57. The lowest BCUT2D eigenvalue weighted by atomic mass is 9.91. The molecule has 3 N–H and O–H groups in total. The highest BCUT2D eigenvalue weighted by Gasteiger charge is 2.16. The van der Waals surface area contributed by atoms with Crippen molar-refractivity contribution in [3.8, 4) is 0 Å². The minimum atomic E-state index is -2.55. The molecule has 11 nitrogen and oxygen atoms in total. The van der Waals surface area contributed by atoms with Gasteiger partial charge in [0.25, 0.3) is 0 Å². The molecule has 1 aromatic heterocycles. The predicted octanol–water partition coefficient (Wildman–Crippen LogP) is 9.32. The molecule has 3 aliphatic rings. The Kier molecular flexibility index (Phi) is 48.2. The molecule has 1 aliphatic heterocycles. The van der Waals surface area contributed by atoms with Crippen LogP contribution in [0.3, 0.4) is 0 Å². The molecular formula is C39H66Cl3N3O8S. The molecule has 2 heterocycles. The monoisotopic (exact) mass is 841 g/mol. The summed E-state index contributed by atoms with van der Waals surface area (Å²) in [6.45, 7) is 6.65. The number of hydrogen-bond donors (Lipinski definition) is 2. The minimum absolute atomic E-state index is 0.0895. The van der Waals surface area contributed by atoms with Gasteiger partial charge in [-0.15, -0.1) is 0 Å². The summed E-state index contributed by atoms with van der Waals surface area (Å²) in [5, 5.41) is 16.7. The van der Waals surface area contributed by atoms with Crippen LogP contribution in [0.15, 0.2) is 64.9 Å². The largest absolute Gasteiger partial charge is 0.394 e. The summed E-state index contributed by atoms with van der Waals surface area (Å²) in [6, 6.07) is 14.5. The van der Waals surface area contributed by atoms with Crippen molar-refractivity contribution in [2.45, 2.75) is 111 Å². The zero-order chi connectivity index (χ0) is 41.9.